The summed E-state index contributed by atoms with van der Waals surface area (Å²) in [7, 11) is 0. The van der Waals surface area contributed by atoms with Crippen LogP contribution in [-0.4, -0.2) is 25.0 Å². The van der Waals surface area contributed by atoms with Gasteiger partial charge in [-0.2, -0.15) is 0 Å². The van der Waals surface area contributed by atoms with E-state index in [-0.39, 0.29) is 24.5 Å². The van der Waals surface area contributed by atoms with Crippen molar-refractivity contribution in [2.24, 2.45) is 0 Å². The summed E-state index contributed by atoms with van der Waals surface area (Å²) < 4.78 is 5.11. The Hall–Kier alpha value is -2.96. The number of esters is 1. The molecule has 2 N–H and O–H groups in total. The van der Waals surface area contributed by atoms with Crippen molar-refractivity contribution in [1.82, 2.24) is 5.32 Å². The number of amides is 1. The van der Waals surface area contributed by atoms with Gasteiger partial charge >= 0.3 is 5.97 Å². The van der Waals surface area contributed by atoms with E-state index in [9.17, 15) is 9.59 Å². The SMILES string of the molecule is CCCOC(=O)c1ccc(NC(=O)CN[C@@H](c2ccccc2)c2cccs2)cc1. The van der Waals surface area contributed by atoms with Gasteiger partial charge in [0.05, 0.1) is 24.8 Å². The molecule has 150 valence electrons. The molecule has 1 aromatic heterocycles. The van der Waals surface area contributed by atoms with Crippen LogP contribution in [-0.2, 0) is 9.53 Å². The Morgan fingerprint density at radius 2 is 1.76 bits per heavy atom. The zero-order chi connectivity index (χ0) is 20.5. The smallest absolute Gasteiger partial charge is 0.338 e. The van der Waals surface area contributed by atoms with Crippen LogP contribution >= 0.6 is 11.3 Å². The van der Waals surface area contributed by atoms with Gasteiger partial charge in [-0.25, -0.2) is 4.79 Å². The van der Waals surface area contributed by atoms with E-state index in [1.807, 2.05) is 48.7 Å². The standard InChI is InChI=1S/C23H24N2O3S/c1-2-14-28-23(27)18-10-12-19(13-11-18)25-21(26)16-24-22(20-9-6-15-29-20)17-7-4-3-5-8-17/h3-13,15,22,24H,2,14,16H2,1H3,(H,25,26)/t22-/m0/s1. The monoisotopic (exact) mass is 408 g/mol. The summed E-state index contributed by atoms with van der Waals surface area (Å²) in [5, 5.41) is 8.22. The van der Waals surface area contributed by atoms with Gasteiger partial charge in [0, 0.05) is 10.6 Å². The lowest BCUT2D eigenvalue weighted by Crippen LogP contribution is -2.31. The summed E-state index contributed by atoms with van der Waals surface area (Å²) in [6, 6.07) is 20.8. The van der Waals surface area contributed by atoms with Crippen LogP contribution in [0.1, 0.15) is 40.2 Å². The lowest BCUT2D eigenvalue weighted by atomic mass is 10.1. The number of carbonyl (C=O) groups is 2. The molecular weight excluding hydrogens is 384 g/mol. The Balaban J connectivity index is 1.58. The molecule has 0 aliphatic rings. The average molecular weight is 409 g/mol. The highest BCUT2D eigenvalue weighted by Crippen LogP contribution is 2.25. The molecule has 1 amide bonds. The Bertz CT molecular complexity index is 909. The van der Waals surface area contributed by atoms with Gasteiger partial charge in [0.1, 0.15) is 0 Å². The van der Waals surface area contributed by atoms with Crippen molar-refractivity contribution in [1.29, 1.82) is 0 Å². The Morgan fingerprint density at radius 3 is 2.41 bits per heavy atom. The Morgan fingerprint density at radius 1 is 1.00 bits per heavy atom. The van der Waals surface area contributed by atoms with Gasteiger partial charge in [-0.1, -0.05) is 43.3 Å². The third kappa shape index (κ3) is 6.01. The van der Waals surface area contributed by atoms with E-state index in [1.54, 1.807) is 35.6 Å². The maximum absolute atomic E-state index is 12.4. The second kappa shape index (κ2) is 10.5. The van der Waals surface area contributed by atoms with E-state index in [4.69, 9.17) is 4.74 Å². The van der Waals surface area contributed by atoms with E-state index in [1.165, 1.54) is 0 Å². The molecule has 0 spiro atoms. The van der Waals surface area contributed by atoms with E-state index >= 15 is 0 Å². The molecule has 0 unspecified atom stereocenters. The molecule has 0 aliphatic carbocycles. The molecule has 0 saturated heterocycles. The number of thiophene rings is 1. The minimum atomic E-state index is -0.354. The van der Waals surface area contributed by atoms with Crippen LogP contribution in [0.2, 0.25) is 0 Å². The first-order valence-corrected chi connectivity index (χ1v) is 10.4. The zero-order valence-corrected chi connectivity index (χ0v) is 17.1. The normalized spacial score (nSPS) is 11.6. The molecule has 6 heteroatoms. The fourth-order valence-corrected chi connectivity index (χ4v) is 3.68. The fourth-order valence-electron chi connectivity index (χ4n) is 2.85. The number of ether oxygens (including phenoxy) is 1. The molecular formula is C23H24N2O3S. The van der Waals surface area contributed by atoms with Crippen molar-refractivity contribution in [2.75, 3.05) is 18.5 Å². The van der Waals surface area contributed by atoms with Crippen LogP contribution in [0, 0.1) is 0 Å². The van der Waals surface area contributed by atoms with Crippen LogP contribution < -0.4 is 10.6 Å². The van der Waals surface area contributed by atoms with Crippen LogP contribution in [0.5, 0.6) is 0 Å². The average Bonchev–Trinajstić information content (AvgIpc) is 3.28. The van der Waals surface area contributed by atoms with Crippen LogP contribution in [0.4, 0.5) is 5.69 Å². The van der Waals surface area contributed by atoms with Crippen LogP contribution in [0.15, 0.2) is 72.1 Å². The summed E-state index contributed by atoms with van der Waals surface area (Å²) >= 11 is 1.65. The first-order valence-electron chi connectivity index (χ1n) is 9.56. The largest absolute Gasteiger partial charge is 0.462 e. The summed E-state index contributed by atoms with van der Waals surface area (Å²) in [5.74, 6) is -0.503. The zero-order valence-electron chi connectivity index (χ0n) is 16.3. The highest BCUT2D eigenvalue weighted by Gasteiger charge is 2.16. The lowest BCUT2D eigenvalue weighted by molar-refractivity contribution is -0.115. The van der Waals surface area contributed by atoms with Gasteiger partial charge in [-0.15, -0.1) is 11.3 Å². The molecule has 0 aliphatic heterocycles. The third-order valence-electron chi connectivity index (χ3n) is 4.27. The quantitative estimate of drug-likeness (QED) is 0.507. The van der Waals surface area contributed by atoms with Crippen LogP contribution in [0.25, 0.3) is 0 Å². The van der Waals surface area contributed by atoms with Crippen molar-refractivity contribution >= 4 is 28.9 Å². The Labute approximate surface area is 174 Å². The van der Waals surface area contributed by atoms with Crippen molar-refractivity contribution in [3.63, 3.8) is 0 Å². The van der Waals surface area contributed by atoms with E-state index in [0.717, 1.165) is 16.9 Å². The summed E-state index contributed by atoms with van der Waals surface area (Å²) in [5.41, 5.74) is 2.21. The molecule has 5 nitrogen and oxygen atoms in total. The van der Waals surface area contributed by atoms with Gasteiger partial charge in [0.25, 0.3) is 0 Å². The maximum Gasteiger partial charge on any atom is 0.338 e. The third-order valence-corrected chi connectivity index (χ3v) is 5.21. The lowest BCUT2D eigenvalue weighted by Gasteiger charge is -2.18. The predicted molar refractivity (Wildman–Crippen MR) is 116 cm³/mol. The van der Waals surface area contributed by atoms with Gasteiger partial charge < -0.3 is 10.1 Å². The molecule has 3 rings (SSSR count). The molecule has 29 heavy (non-hydrogen) atoms. The number of hydrogen-bond acceptors (Lipinski definition) is 5. The molecule has 1 heterocycles. The molecule has 1 atom stereocenters. The van der Waals surface area contributed by atoms with E-state index in [0.29, 0.717) is 17.9 Å². The number of anilines is 1. The molecule has 0 radical (unpaired) electrons. The Kier molecular flexibility index (Phi) is 7.55. The number of benzene rings is 2. The van der Waals surface area contributed by atoms with Gasteiger partial charge in [-0.3, -0.25) is 10.1 Å². The minimum Gasteiger partial charge on any atom is -0.462 e. The second-order valence-electron chi connectivity index (χ2n) is 6.50. The van der Waals surface area contributed by atoms with Crippen LogP contribution in [0.3, 0.4) is 0 Å². The summed E-state index contributed by atoms with van der Waals surface area (Å²) in [4.78, 5) is 25.4. The van der Waals surface area contributed by atoms with Crippen molar-refractivity contribution in [2.45, 2.75) is 19.4 Å². The van der Waals surface area contributed by atoms with Gasteiger partial charge in [0.2, 0.25) is 5.91 Å². The van der Waals surface area contributed by atoms with E-state index in [2.05, 4.69) is 16.7 Å². The maximum atomic E-state index is 12.4. The summed E-state index contributed by atoms with van der Waals surface area (Å²) in [6.07, 6.45) is 0.780. The number of nitrogens with one attached hydrogen (secondary N) is 2. The highest BCUT2D eigenvalue weighted by atomic mass is 32.1. The van der Waals surface area contributed by atoms with Crippen molar-refractivity contribution < 1.29 is 14.3 Å². The highest BCUT2D eigenvalue weighted by molar-refractivity contribution is 7.10. The first kappa shape index (κ1) is 20.8. The topological polar surface area (TPSA) is 67.4 Å². The summed E-state index contributed by atoms with van der Waals surface area (Å²) in [6.45, 7) is 2.51. The molecule has 0 saturated carbocycles. The molecule has 2 aromatic carbocycles. The predicted octanol–water partition coefficient (Wildman–Crippen LogP) is 4.63. The second-order valence-corrected chi connectivity index (χ2v) is 7.48. The first-order chi connectivity index (χ1) is 14.2. The van der Waals surface area contributed by atoms with Crippen molar-refractivity contribution in [3.05, 3.63) is 88.1 Å². The van der Waals surface area contributed by atoms with Gasteiger partial charge in [-0.05, 0) is 47.7 Å². The molecule has 3 aromatic rings. The molecule has 0 fully saturated rings. The minimum absolute atomic E-state index is 0.0438. The van der Waals surface area contributed by atoms with E-state index < -0.39 is 0 Å². The number of hydrogen-bond donors (Lipinski definition) is 2. The van der Waals surface area contributed by atoms with Gasteiger partial charge in [0.15, 0.2) is 0 Å². The molecule has 0 bridgehead atoms. The fraction of sp³-hybridized carbons (Fsp3) is 0.217. The number of rotatable bonds is 9. The van der Waals surface area contributed by atoms with Crippen molar-refractivity contribution in [3.8, 4) is 0 Å². The number of carbonyl (C=O) groups excluding carboxylic acids is 2.